The summed E-state index contributed by atoms with van der Waals surface area (Å²) in [6, 6.07) is 6.68. The van der Waals surface area contributed by atoms with Crippen molar-refractivity contribution in [2.75, 3.05) is 37.8 Å². The van der Waals surface area contributed by atoms with Crippen molar-refractivity contribution in [2.45, 2.75) is 25.4 Å². The molecule has 22 heavy (non-hydrogen) atoms. The first-order chi connectivity index (χ1) is 10.6. The molecule has 1 fully saturated rings. The van der Waals surface area contributed by atoms with Crippen LogP contribution < -0.4 is 10.6 Å². The van der Waals surface area contributed by atoms with Crippen LogP contribution in [0.4, 0.5) is 11.4 Å². The van der Waals surface area contributed by atoms with Crippen LogP contribution in [0.2, 0.25) is 0 Å². The molecule has 2 aliphatic rings. The molecule has 0 bridgehead atoms. The number of para-hydroxylation sites is 1. The number of anilines is 2. The van der Waals surface area contributed by atoms with Gasteiger partial charge in [-0.1, -0.05) is 12.1 Å². The average molecular weight is 297 g/mol. The topological polar surface area (TPSA) is 50.3 Å². The van der Waals surface area contributed by atoms with E-state index in [0.29, 0.717) is 6.04 Å². The zero-order valence-corrected chi connectivity index (χ0v) is 13.3. The largest absolute Gasteiger partial charge is 0.397 e. The highest BCUT2D eigenvalue weighted by atomic mass is 15.3. The maximum Gasteiger partial charge on any atom is 0.0681 e. The summed E-state index contributed by atoms with van der Waals surface area (Å²) in [6.07, 6.45) is 4.38. The van der Waals surface area contributed by atoms with Gasteiger partial charge in [-0.15, -0.1) is 0 Å². The third-order valence-electron chi connectivity index (χ3n) is 5.06. The summed E-state index contributed by atoms with van der Waals surface area (Å²) in [5.74, 6) is 0. The van der Waals surface area contributed by atoms with Gasteiger partial charge in [-0.3, -0.25) is 4.68 Å². The number of nitrogen functional groups attached to an aromatic ring is 1. The number of aromatic nitrogens is 2. The highest BCUT2D eigenvalue weighted by molar-refractivity contribution is 5.89. The Kier molecular flexibility index (Phi) is 3.11. The van der Waals surface area contributed by atoms with Crippen LogP contribution in [-0.2, 0) is 6.54 Å². The highest BCUT2D eigenvalue weighted by Gasteiger charge is 2.28. The molecule has 0 radical (unpaired) electrons. The van der Waals surface area contributed by atoms with Crippen molar-refractivity contribution in [3.63, 3.8) is 0 Å². The molecule has 2 N–H and O–H groups in total. The lowest BCUT2D eigenvalue weighted by Gasteiger charge is -2.33. The Morgan fingerprint density at radius 2 is 1.91 bits per heavy atom. The van der Waals surface area contributed by atoms with Crippen LogP contribution in [0.3, 0.4) is 0 Å². The van der Waals surface area contributed by atoms with Gasteiger partial charge in [0.25, 0.3) is 0 Å². The molecule has 2 aliphatic heterocycles. The molecule has 1 aromatic heterocycles. The Bertz CT molecular complexity index is 697. The Hall–Kier alpha value is -2.01. The number of benzene rings is 1. The summed E-state index contributed by atoms with van der Waals surface area (Å²) in [5.41, 5.74) is 12.0. The van der Waals surface area contributed by atoms with E-state index in [4.69, 9.17) is 10.8 Å². The number of likely N-dealkylation sites (tertiary alicyclic amines) is 1. The summed E-state index contributed by atoms with van der Waals surface area (Å²) in [7, 11) is 4.31. The lowest BCUT2D eigenvalue weighted by atomic mass is 9.97. The summed E-state index contributed by atoms with van der Waals surface area (Å²) in [5, 5.41) is 4.74. The first kappa shape index (κ1) is 13.6. The van der Waals surface area contributed by atoms with Crippen LogP contribution in [-0.4, -0.2) is 41.9 Å². The van der Waals surface area contributed by atoms with Crippen molar-refractivity contribution in [3.8, 4) is 11.1 Å². The van der Waals surface area contributed by atoms with Crippen molar-refractivity contribution in [3.05, 3.63) is 30.1 Å². The number of fused-ring (bicyclic) bond motifs is 3. The Morgan fingerprint density at radius 1 is 1.14 bits per heavy atom. The van der Waals surface area contributed by atoms with Crippen LogP contribution in [0.5, 0.6) is 0 Å². The molecule has 0 aliphatic carbocycles. The molecule has 0 spiro atoms. The Morgan fingerprint density at radius 3 is 2.68 bits per heavy atom. The highest BCUT2D eigenvalue weighted by Crippen LogP contribution is 2.42. The standard InChI is InChI=1S/C17H23N5/c1-20-8-6-12(7-9-20)22-16-11-21(2)17-13(14(16)10-19-22)4-3-5-15(17)18/h3-5,10,12H,6-9,11,18H2,1-2H3. The zero-order chi connectivity index (χ0) is 15.3. The van der Waals surface area contributed by atoms with Crippen LogP contribution in [0.25, 0.3) is 11.1 Å². The normalized spacial score (nSPS) is 19.1. The molecule has 5 nitrogen and oxygen atoms in total. The molecular formula is C17H23N5. The SMILES string of the molecule is CN1CCC(n2ncc3c2CN(C)c2c(N)cccc2-3)CC1. The number of nitrogens with two attached hydrogens (primary N) is 1. The van der Waals surface area contributed by atoms with Gasteiger partial charge in [0.15, 0.2) is 0 Å². The van der Waals surface area contributed by atoms with E-state index < -0.39 is 0 Å². The van der Waals surface area contributed by atoms with Crippen LogP contribution in [0.1, 0.15) is 24.6 Å². The first-order valence-corrected chi connectivity index (χ1v) is 8.00. The van der Waals surface area contributed by atoms with E-state index in [0.717, 1.165) is 31.0 Å². The molecule has 0 amide bonds. The fourth-order valence-corrected chi connectivity index (χ4v) is 3.83. The molecule has 0 unspecified atom stereocenters. The molecular weight excluding hydrogens is 274 g/mol. The van der Waals surface area contributed by atoms with Gasteiger partial charge in [0.05, 0.1) is 35.9 Å². The van der Waals surface area contributed by atoms with Gasteiger partial charge in [0, 0.05) is 18.2 Å². The third kappa shape index (κ3) is 2.00. The number of nitrogens with zero attached hydrogens (tertiary/aromatic N) is 4. The van der Waals surface area contributed by atoms with Crippen molar-refractivity contribution in [1.82, 2.24) is 14.7 Å². The monoisotopic (exact) mass is 297 g/mol. The van der Waals surface area contributed by atoms with E-state index in [9.17, 15) is 0 Å². The van der Waals surface area contributed by atoms with Gasteiger partial charge in [-0.25, -0.2) is 0 Å². The smallest absolute Gasteiger partial charge is 0.0681 e. The minimum absolute atomic E-state index is 0.524. The first-order valence-electron chi connectivity index (χ1n) is 8.00. The molecule has 4 rings (SSSR count). The van der Waals surface area contributed by atoms with Gasteiger partial charge < -0.3 is 15.5 Å². The lowest BCUT2D eigenvalue weighted by molar-refractivity contribution is 0.210. The molecule has 5 heteroatoms. The lowest BCUT2D eigenvalue weighted by Crippen LogP contribution is -2.33. The molecule has 116 valence electrons. The van der Waals surface area contributed by atoms with Gasteiger partial charge in [0.2, 0.25) is 0 Å². The van der Waals surface area contributed by atoms with Gasteiger partial charge >= 0.3 is 0 Å². The fourth-order valence-electron chi connectivity index (χ4n) is 3.83. The molecule has 2 aromatic rings. The van der Waals surface area contributed by atoms with Crippen LogP contribution in [0, 0.1) is 0 Å². The number of hydrogen-bond acceptors (Lipinski definition) is 4. The van der Waals surface area contributed by atoms with Crippen molar-refractivity contribution in [1.29, 1.82) is 0 Å². The van der Waals surface area contributed by atoms with E-state index in [1.807, 2.05) is 18.3 Å². The quantitative estimate of drug-likeness (QED) is 0.821. The second-order valence-corrected chi connectivity index (χ2v) is 6.58. The number of piperidine rings is 1. The summed E-state index contributed by atoms with van der Waals surface area (Å²) in [4.78, 5) is 4.65. The predicted molar refractivity (Wildman–Crippen MR) is 90.0 cm³/mol. The molecule has 3 heterocycles. The second-order valence-electron chi connectivity index (χ2n) is 6.58. The van der Waals surface area contributed by atoms with Gasteiger partial charge in [-0.2, -0.15) is 5.10 Å². The maximum absolute atomic E-state index is 6.18. The third-order valence-corrected chi connectivity index (χ3v) is 5.06. The summed E-state index contributed by atoms with van der Waals surface area (Å²) in [6.45, 7) is 3.18. The second kappa shape index (κ2) is 5.02. The fraction of sp³-hybridized carbons (Fsp3) is 0.471. The average Bonchev–Trinajstić information content (AvgIpc) is 2.92. The Labute approximate surface area is 131 Å². The van der Waals surface area contributed by atoms with E-state index in [1.165, 1.54) is 29.7 Å². The minimum Gasteiger partial charge on any atom is -0.397 e. The van der Waals surface area contributed by atoms with Gasteiger partial charge in [-0.05, 0) is 39.0 Å². The van der Waals surface area contributed by atoms with Crippen molar-refractivity contribution in [2.24, 2.45) is 0 Å². The van der Waals surface area contributed by atoms with Crippen molar-refractivity contribution < 1.29 is 0 Å². The predicted octanol–water partition coefficient (Wildman–Crippen LogP) is 2.35. The van der Waals surface area contributed by atoms with Crippen molar-refractivity contribution >= 4 is 11.4 Å². The van der Waals surface area contributed by atoms with Crippen LogP contribution in [0.15, 0.2) is 24.4 Å². The summed E-state index contributed by atoms with van der Waals surface area (Å²) < 4.78 is 2.27. The number of rotatable bonds is 1. The van der Waals surface area contributed by atoms with E-state index in [-0.39, 0.29) is 0 Å². The summed E-state index contributed by atoms with van der Waals surface area (Å²) >= 11 is 0. The Balaban J connectivity index is 1.76. The van der Waals surface area contributed by atoms with E-state index >= 15 is 0 Å². The number of hydrogen-bond donors (Lipinski definition) is 1. The zero-order valence-electron chi connectivity index (χ0n) is 13.3. The maximum atomic E-state index is 6.18. The molecule has 1 aromatic carbocycles. The van der Waals surface area contributed by atoms with E-state index in [2.05, 4.69) is 34.6 Å². The molecule has 0 saturated carbocycles. The minimum atomic E-state index is 0.524. The molecule has 1 saturated heterocycles. The molecule has 0 atom stereocenters. The van der Waals surface area contributed by atoms with E-state index in [1.54, 1.807) is 0 Å². The van der Waals surface area contributed by atoms with Crippen LogP contribution >= 0.6 is 0 Å². The van der Waals surface area contributed by atoms with Gasteiger partial charge in [0.1, 0.15) is 0 Å².